The van der Waals surface area contributed by atoms with Crippen LogP contribution in [0, 0.1) is 5.21 Å². The molecule has 0 aliphatic carbocycles. The maximum absolute atomic E-state index is 10.9. The van der Waals surface area contributed by atoms with Crippen LogP contribution in [0.4, 0.5) is 0 Å². The van der Waals surface area contributed by atoms with E-state index in [0.717, 1.165) is 7.05 Å². The van der Waals surface area contributed by atoms with E-state index >= 15 is 0 Å². The second-order valence-electron chi connectivity index (χ2n) is 9.25. The molecule has 19 heteroatoms. The van der Waals surface area contributed by atoms with Gasteiger partial charge in [-0.25, -0.2) is 0 Å². The van der Waals surface area contributed by atoms with Gasteiger partial charge >= 0.3 is 0 Å². The van der Waals surface area contributed by atoms with Crippen LogP contribution in [0.3, 0.4) is 0 Å². The predicted molar refractivity (Wildman–Crippen MR) is 117 cm³/mol. The van der Waals surface area contributed by atoms with Crippen molar-refractivity contribution in [2.75, 3.05) is 33.6 Å². The highest BCUT2D eigenvalue weighted by Crippen LogP contribution is 2.30. The summed E-state index contributed by atoms with van der Waals surface area (Å²) < 4.78 is 32.0. The Balaban J connectivity index is 1.68. The standard InChI is InChI=1S/C20H36N2O17/c1-22(33)21-5-35-19-16(32)17(11(27)7(3-24)37-19)39-20-15(31)13(29)10(26)8(38-20)4-34-18-14(30)12(28)9(25)6(2-23)36-18/h6-20,23-32H,2-5H2,1H3/b22-21+/t6-,7-,8-,9-,10-,11-,12+,13+,14-,15-,16-,17+,18-,19-,20+/m1/s1. The Hall–Kier alpha value is -1.24. The molecule has 3 fully saturated rings. The van der Waals surface area contributed by atoms with Gasteiger partial charge in [-0.3, -0.25) is 0 Å². The Morgan fingerprint density at radius 1 is 0.641 bits per heavy atom. The normalized spacial score (nSPS) is 47.8. The molecule has 0 aromatic rings. The summed E-state index contributed by atoms with van der Waals surface area (Å²) in [5.74, 6) is 0. The first-order valence-corrected chi connectivity index (χ1v) is 12.0. The SMILES string of the molecule is C/[N+]([O-])=N\CO[C@@H]1O[C@H](CO)[C@@H](O)[C@H](O[C@@H]2O[C@H](CO[C@@H]3O[C@H](CO)[C@@H](O)[C@H](O)[C@H]3O)[C@@H](O)[C@H](O)[C@H]2O)[C@H]1O. The van der Waals surface area contributed by atoms with Gasteiger partial charge in [0.25, 0.3) is 0 Å². The van der Waals surface area contributed by atoms with Crippen molar-refractivity contribution >= 4 is 0 Å². The van der Waals surface area contributed by atoms with Gasteiger partial charge < -0.3 is 84.7 Å². The molecule has 3 saturated heterocycles. The molecular weight excluding hydrogens is 540 g/mol. The zero-order valence-electron chi connectivity index (χ0n) is 20.7. The van der Waals surface area contributed by atoms with E-state index in [0.29, 0.717) is 0 Å². The second-order valence-corrected chi connectivity index (χ2v) is 9.25. The third kappa shape index (κ3) is 7.35. The monoisotopic (exact) mass is 576 g/mol. The summed E-state index contributed by atoms with van der Waals surface area (Å²) >= 11 is 0. The van der Waals surface area contributed by atoms with E-state index < -0.39 is 119 Å². The molecule has 0 unspecified atom stereocenters. The van der Waals surface area contributed by atoms with Crippen LogP contribution in [-0.4, -0.2) is 182 Å². The molecule has 3 aliphatic rings. The van der Waals surface area contributed by atoms with Crippen LogP contribution in [0.25, 0.3) is 0 Å². The zero-order chi connectivity index (χ0) is 29.0. The molecular formula is C20H36N2O17. The molecule has 19 nitrogen and oxygen atoms in total. The van der Waals surface area contributed by atoms with E-state index in [1.807, 2.05) is 0 Å². The van der Waals surface area contributed by atoms with Crippen molar-refractivity contribution < 1.29 is 84.3 Å². The predicted octanol–water partition coefficient (Wildman–Crippen LogP) is -7.00. The van der Waals surface area contributed by atoms with Crippen molar-refractivity contribution in [1.82, 2.24) is 0 Å². The molecule has 0 amide bonds. The molecule has 10 N–H and O–H groups in total. The largest absolute Gasteiger partial charge is 0.600 e. The molecule has 0 aromatic heterocycles. The number of hydrogen-bond donors (Lipinski definition) is 10. The van der Waals surface area contributed by atoms with E-state index in [1.54, 1.807) is 0 Å². The van der Waals surface area contributed by atoms with Crippen LogP contribution in [0.2, 0.25) is 0 Å². The molecule has 0 spiro atoms. The maximum Gasteiger partial charge on any atom is 0.203 e. The van der Waals surface area contributed by atoms with E-state index in [-0.39, 0.29) is 4.86 Å². The fraction of sp³-hybridized carbons (Fsp3) is 1.00. The van der Waals surface area contributed by atoms with E-state index in [2.05, 4.69) is 5.11 Å². The minimum Gasteiger partial charge on any atom is -0.600 e. The Bertz CT molecular complexity index is 789. The van der Waals surface area contributed by atoms with Crippen molar-refractivity contribution in [1.29, 1.82) is 0 Å². The second kappa shape index (κ2) is 14.1. The van der Waals surface area contributed by atoms with Crippen LogP contribution in [0.1, 0.15) is 0 Å². The summed E-state index contributed by atoms with van der Waals surface area (Å²) in [6, 6.07) is 0. The lowest BCUT2D eigenvalue weighted by Gasteiger charge is -2.46. The lowest BCUT2D eigenvalue weighted by Crippen LogP contribution is -2.65. The highest BCUT2D eigenvalue weighted by Gasteiger charge is 2.51. The Morgan fingerprint density at radius 3 is 1.69 bits per heavy atom. The van der Waals surface area contributed by atoms with Crippen LogP contribution in [-0.2, 0) is 28.4 Å². The quantitative estimate of drug-likeness (QED) is 0.0656. The molecule has 3 heterocycles. The summed E-state index contributed by atoms with van der Waals surface area (Å²) in [6.45, 7) is -2.67. The number of rotatable bonds is 10. The van der Waals surface area contributed by atoms with Crippen LogP contribution in [0.15, 0.2) is 5.11 Å². The average Bonchev–Trinajstić information content (AvgIpc) is 2.90. The highest BCUT2D eigenvalue weighted by molar-refractivity contribution is 4.95. The van der Waals surface area contributed by atoms with Gasteiger partial charge in [-0.1, -0.05) is 4.86 Å². The Morgan fingerprint density at radius 2 is 1.13 bits per heavy atom. The van der Waals surface area contributed by atoms with Crippen LogP contribution >= 0.6 is 0 Å². The minimum atomic E-state index is -1.91. The first-order valence-electron chi connectivity index (χ1n) is 12.0. The summed E-state index contributed by atoms with van der Waals surface area (Å²) in [6.07, 6.45) is -24.9. The van der Waals surface area contributed by atoms with Crippen LogP contribution < -0.4 is 0 Å². The van der Waals surface area contributed by atoms with Gasteiger partial charge in [-0.2, -0.15) is 0 Å². The highest BCUT2D eigenvalue weighted by atomic mass is 16.8. The number of hydrogen-bond acceptors (Lipinski definition) is 18. The fourth-order valence-electron chi connectivity index (χ4n) is 4.26. The number of nitrogens with zero attached hydrogens (tertiary/aromatic N) is 2. The molecule has 0 aromatic carbocycles. The summed E-state index contributed by atoms with van der Waals surface area (Å²) in [5, 5.41) is 115. The van der Waals surface area contributed by atoms with Crippen LogP contribution in [0.5, 0.6) is 0 Å². The maximum atomic E-state index is 10.9. The molecule has 15 atom stereocenters. The molecule has 0 bridgehead atoms. The lowest BCUT2D eigenvalue weighted by atomic mass is 9.97. The van der Waals surface area contributed by atoms with Crippen molar-refractivity contribution in [2.45, 2.75) is 92.1 Å². The van der Waals surface area contributed by atoms with Crippen molar-refractivity contribution in [3.8, 4) is 0 Å². The molecule has 228 valence electrons. The van der Waals surface area contributed by atoms with Gasteiger partial charge in [0, 0.05) is 0 Å². The van der Waals surface area contributed by atoms with Crippen molar-refractivity contribution in [2.24, 2.45) is 5.11 Å². The van der Waals surface area contributed by atoms with Gasteiger partial charge in [0.1, 0.15) is 73.2 Å². The minimum absolute atomic E-state index is 0.187. The fourth-order valence-corrected chi connectivity index (χ4v) is 4.26. The number of ether oxygens (including phenoxy) is 6. The van der Waals surface area contributed by atoms with E-state index in [4.69, 9.17) is 28.4 Å². The van der Waals surface area contributed by atoms with Gasteiger partial charge in [-0.15, -0.1) is 0 Å². The van der Waals surface area contributed by atoms with Gasteiger partial charge in [0.15, 0.2) is 25.9 Å². The number of azo groups is 1. The first kappa shape index (κ1) is 32.3. The third-order valence-corrected chi connectivity index (χ3v) is 6.55. The zero-order valence-corrected chi connectivity index (χ0v) is 20.7. The summed E-state index contributed by atoms with van der Waals surface area (Å²) in [7, 11) is 1.08. The molecule has 39 heavy (non-hydrogen) atoms. The van der Waals surface area contributed by atoms with Gasteiger partial charge in [0.05, 0.1) is 19.8 Å². The van der Waals surface area contributed by atoms with Gasteiger partial charge in [-0.05, 0) is 5.11 Å². The van der Waals surface area contributed by atoms with E-state index in [1.165, 1.54) is 0 Å². The first-order chi connectivity index (χ1) is 18.4. The Kier molecular flexibility index (Phi) is 11.7. The Labute approximate surface area is 221 Å². The topological polar surface area (TPSA) is 296 Å². The average molecular weight is 577 g/mol. The van der Waals surface area contributed by atoms with E-state index in [9.17, 15) is 56.3 Å². The van der Waals surface area contributed by atoms with Crippen molar-refractivity contribution in [3.05, 3.63) is 5.21 Å². The number of aliphatic hydroxyl groups is 10. The van der Waals surface area contributed by atoms with Gasteiger partial charge in [0.2, 0.25) is 6.73 Å². The third-order valence-electron chi connectivity index (χ3n) is 6.55. The molecule has 0 radical (unpaired) electrons. The van der Waals surface area contributed by atoms with Crippen molar-refractivity contribution in [3.63, 3.8) is 0 Å². The number of hydroxylamine groups is 1. The molecule has 3 rings (SSSR count). The molecule has 3 aliphatic heterocycles. The molecule has 0 saturated carbocycles. The number of aliphatic hydroxyl groups excluding tert-OH is 10. The lowest BCUT2D eigenvalue weighted by molar-refractivity contribution is -0.505. The summed E-state index contributed by atoms with van der Waals surface area (Å²) in [5.41, 5.74) is 0. The smallest absolute Gasteiger partial charge is 0.203 e. The summed E-state index contributed by atoms with van der Waals surface area (Å²) in [4.78, 5) is 0.187.